The molecule has 108 valence electrons. The molecule has 1 aromatic heterocycles. The number of nitrogens with zero attached hydrogens (tertiary/aromatic N) is 4. The minimum atomic E-state index is 0.827. The van der Waals surface area contributed by atoms with E-state index in [4.69, 9.17) is 0 Å². The topological polar surface area (TPSA) is 41.4 Å². The average Bonchev–Trinajstić information content (AvgIpc) is 3.02. The second kappa shape index (κ2) is 6.26. The van der Waals surface area contributed by atoms with E-state index in [1.54, 1.807) is 18.1 Å². The standard InChI is InChI=1S/C16H18N4S/c1-3-20(4-2)16-14-8-12(7-13-9-17-11-21-13)5-6-15(14)18-10-19-16/h5-10H,3-4,11H2,1-2H3. The maximum Gasteiger partial charge on any atom is 0.139 e. The van der Waals surface area contributed by atoms with Gasteiger partial charge in [0.25, 0.3) is 0 Å². The zero-order chi connectivity index (χ0) is 14.7. The van der Waals surface area contributed by atoms with Gasteiger partial charge in [-0.1, -0.05) is 6.07 Å². The van der Waals surface area contributed by atoms with Gasteiger partial charge in [0, 0.05) is 29.6 Å². The van der Waals surface area contributed by atoms with Gasteiger partial charge in [-0.2, -0.15) is 0 Å². The van der Waals surface area contributed by atoms with E-state index in [2.05, 4.69) is 58.0 Å². The highest BCUT2D eigenvalue weighted by Gasteiger charge is 2.10. The number of rotatable bonds is 4. The van der Waals surface area contributed by atoms with Gasteiger partial charge in [-0.25, -0.2) is 9.97 Å². The Morgan fingerprint density at radius 1 is 1.24 bits per heavy atom. The smallest absolute Gasteiger partial charge is 0.139 e. The lowest BCUT2D eigenvalue weighted by Gasteiger charge is -2.21. The second-order valence-electron chi connectivity index (χ2n) is 4.78. The molecule has 0 fully saturated rings. The van der Waals surface area contributed by atoms with Crippen molar-refractivity contribution in [2.75, 3.05) is 23.9 Å². The van der Waals surface area contributed by atoms with Crippen molar-refractivity contribution in [2.24, 2.45) is 4.99 Å². The van der Waals surface area contributed by atoms with E-state index < -0.39 is 0 Å². The van der Waals surface area contributed by atoms with Gasteiger partial charge >= 0.3 is 0 Å². The van der Waals surface area contributed by atoms with Crippen LogP contribution in [0.3, 0.4) is 0 Å². The monoisotopic (exact) mass is 298 g/mol. The summed E-state index contributed by atoms with van der Waals surface area (Å²) in [5.74, 6) is 1.84. The molecule has 3 rings (SSSR count). The van der Waals surface area contributed by atoms with Gasteiger partial charge in [0.2, 0.25) is 0 Å². The fourth-order valence-electron chi connectivity index (χ4n) is 2.45. The van der Waals surface area contributed by atoms with Crippen molar-refractivity contribution in [3.8, 4) is 0 Å². The summed E-state index contributed by atoms with van der Waals surface area (Å²) in [4.78, 5) is 16.6. The number of benzene rings is 1. The van der Waals surface area contributed by atoms with Crippen molar-refractivity contribution in [1.29, 1.82) is 0 Å². The molecule has 1 aromatic carbocycles. The second-order valence-corrected chi connectivity index (χ2v) is 5.80. The Kier molecular flexibility index (Phi) is 4.20. The molecule has 0 N–H and O–H groups in total. The minimum absolute atomic E-state index is 0.827. The fraction of sp³-hybridized carbons (Fsp3) is 0.312. The molecular formula is C16H18N4S. The predicted molar refractivity (Wildman–Crippen MR) is 92.0 cm³/mol. The normalized spacial score (nSPS) is 16.0. The van der Waals surface area contributed by atoms with Gasteiger partial charge in [0.1, 0.15) is 12.1 Å². The van der Waals surface area contributed by atoms with Gasteiger partial charge in [-0.15, -0.1) is 11.8 Å². The van der Waals surface area contributed by atoms with Crippen LogP contribution in [0.2, 0.25) is 0 Å². The molecule has 0 unspecified atom stereocenters. The molecule has 0 aliphatic carbocycles. The number of hydrogen-bond donors (Lipinski definition) is 0. The molecule has 1 aliphatic rings. The SMILES string of the molecule is CCN(CC)c1ncnc2ccc(C=C3C=NCS3)cc12. The number of hydrogen-bond acceptors (Lipinski definition) is 5. The van der Waals surface area contributed by atoms with Crippen LogP contribution in [0.5, 0.6) is 0 Å². The van der Waals surface area contributed by atoms with Crippen LogP contribution in [0.1, 0.15) is 19.4 Å². The van der Waals surface area contributed by atoms with Gasteiger partial charge in [-0.3, -0.25) is 4.99 Å². The first-order valence-electron chi connectivity index (χ1n) is 7.16. The fourth-order valence-corrected chi connectivity index (χ4v) is 3.11. The Balaban J connectivity index is 2.08. The molecule has 0 amide bonds. The lowest BCUT2D eigenvalue weighted by Crippen LogP contribution is -2.23. The van der Waals surface area contributed by atoms with Crippen molar-refractivity contribution in [3.05, 3.63) is 35.0 Å². The first-order chi connectivity index (χ1) is 10.3. The van der Waals surface area contributed by atoms with Crippen LogP contribution in [0.4, 0.5) is 5.82 Å². The summed E-state index contributed by atoms with van der Waals surface area (Å²) in [6, 6.07) is 6.33. The molecular weight excluding hydrogens is 280 g/mol. The van der Waals surface area contributed by atoms with E-state index in [-0.39, 0.29) is 0 Å². The largest absolute Gasteiger partial charge is 0.357 e. The van der Waals surface area contributed by atoms with Crippen LogP contribution < -0.4 is 4.90 Å². The Bertz CT molecular complexity index is 704. The number of allylic oxidation sites excluding steroid dienone is 1. The summed E-state index contributed by atoms with van der Waals surface area (Å²) >= 11 is 1.76. The van der Waals surface area contributed by atoms with Crippen molar-refractivity contribution >= 4 is 40.8 Å². The summed E-state index contributed by atoms with van der Waals surface area (Å²) in [5.41, 5.74) is 2.16. The Hall–Kier alpha value is -1.88. The van der Waals surface area contributed by atoms with E-state index in [0.717, 1.165) is 35.7 Å². The Morgan fingerprint density at radius 2 is 2.10 bits per heavy atom. The highest BCUT2D eigenvalue weighted by atomic mass is 32.2. The van der Waals surface area contributed by atoms with E-state index in [0.29, 0.717) is 0 Å². The molecule has 2 heterocycles. The van der Waals surface area contributed by atoms with Gasteiger partial charge in [0.05, 0.1) is 11.4 Å². The molecule has 21 heavy (non-hydrogen) atoms. The number of aliphatic imine (C=N–C) groups is 1. The predicted octanol–water partition coefficient (Wildman–Crippen LogP) is 3.59. The molecule has 0 saturated heterocycles. The third-order valence-electron chi connectivity index (χ3n) is 3.53. The van der Waals surface area contributed by atoms with E-state index in [1.807, 2.05) is 6.21 Å². The molecule has 0 saturated carbocycles. The number of thioether (sulfide) groups is 1. The molecule has 0 bridgehead atoms. The summed E-state index contributed by atoms with van der Waals surface area (Å²) in [6.07, 6.45) is 5.74. The lowest BCUT2D eigenvalue weighted by atomic mass is 10.1. The molecule has 0 radical (unpaired) electrons. The summed E-state index contributed by atoms with van der Waals surface area (Å²) in [5, 5.41) is 1.11. The van der Waals surface area contributed by atoms with E-state index in [9.17, 15) is 0 Å². The van der Waals surface area contributed by atoms with Crippen LogP contribution in [0, 0.1) is 0 Å². The Labute approximate surface area is 129 Å². The third kappa shape index (κ3) is 2.93. The van der Waals surface area contributed by atoms with E-state index in [1.165, 1.54) is 10.5 Å². The Morgan fingerprint density at radius 3 is 2.81 bits per heavy atom. The molecule has 1 aliphatic heterocycles. The highest BCUT2D eigenvalue weighted by Crippen LogP contribution is 2.27. The molecule has 5 heteroatoms. The van der Waals surface area contributed by atoms with Gasteiger partial charge < -0.3 is 4.90 Å². The molecule has 0 atom stereocenters. The van der Waals surface area contributed by atoms with Crippen LogP contribution in [-0.2, 0) is 0 Å². The van der Waals surface area contributed by atoms with E-state index >= 15 is 0 Å². The van der Waals surface area contributed by atoms with Gasteiger partial charge in [-0.05, 0) is 37.6 Å². The molecule has 4 nitrogen and oxygen atoms in total. The van der Waals surface area contributed by atoms with Crippen molar-refractivity contribution in [3.63, 3.8) is 0 Å². The van der Waals surface area contributed by atoms with Crippen molar-refractivity contribution in [2.45, 2.75) is 13.8 Å². The maximum atomic E-state index is 4.48. The number of anilines is 1. The van der Waals surface area contributed by atoms with Gasteiger partial charge in [0.15, 0.2) is 0 Å². The quantitative estimate of drug-likeness (QED) is 0.865. The highest BCUT2D eigenvalue weighted by molar-refractivity contribution is 8.04. The first-order valence-corrected chi connectivity index (χ1v) is 8.14. The summed E-state index contributed by atoms with van der Waals surface area (Å²) < 4.78 is 0. The number of aromatic nitrogens is 2. The summed E-state index contributed by atoms with van der Waals surface area (Å²) in [6.45, 7) is 6.18. The number of fused-ring (bicyclic) bond motifs is 1. The molecule has 0 spiro atoms. The average molecular weight is 298 g/mol. The third-order valence-corrected chi connectivity index (χ3v) is 4.37. The summed E-state index contributed by atoms with van der Waals surface area (Å²) in [7, 11) is 0. The van der Waals surface area contributed by atoms with Crippen molar-refractivity contribution in [1.82, 2.24) is 9.97 Å². The van der Waals surface area contributed by atoms with Crippen LogP contribution >= 0.6 is 11.8 Å². The zero-order valence-electron chi connectivity index (χ0n) is 12.3. The van der Waals surface area contributed by atoms with Crippen LogP contribution in [-0.4, -0.2) is 35.1 Å². The maximum absolute atomic E-state index is 4.48. The van der Waals surface area contributed by atoms with Crippen LogP contribution in [0.25, 0.3) is 17.0 Å². The first kappa shape index (κ1) is 14.1. The molecule has 2 aromatic rings. The zero-order valence-corrected chi connectivity index (χ0v) is 13.1. The minimum Gasteiger partial charge on any atom is -0.357 e. The lowest BCUT2D eigenvalue weighted by molar-refractivity contribution is 0.848. The van der Waals surface area contributed by atoms with Crippen LogP contribution in [0.15, 0.2) is 34.4 Å². The van der Waals surface area contributed by atoms with Crippen molar-refractivity contribution < 1.29 is 0 Å².